The maximum Gasteiger partial charge on any atom is 0.257 e. The van der Waals surface area contributed by atoms with Crippen LogP contribution in [0.25, 0.3) is 0 Å². The van der Waals surface area contributed by atoms with E-state index in [2.05, 4.69) is 30.1 Å². The highest BCUT2D eigenvalue weighted by molar-refractivity contribution is 5.98. The van der Waals surface area contributed by atoms with Crippen molar-refractivity contribution >= 4 is 17.5 Å². The van der Waals surface area contributed by atoms with Crippen molar-refractivity contribution in [1.82, 2.24) is 9.80 Å². The molecule has 8 nitrogen and oxygen atoms in total. The highest BCUT2D eigenvalue weighted by atomic mass is 16.5. The predicted molar refractivity (Wildman–Crippen MR) is 141 cm³/mol. The minimum atomic E-state index is -0.147. The fourth-order valence-corrected chi connectivity index (χ4v) is 4.45. The van der Waals surface area contributed by atoms with Crippen LogP contribution in [0.2, 0.25) is 0 Å². The van der Waals surface area contributed by atoms with Crippen LogP contribution in [0.4, 0.5) is 5.69 Å². The smallest absolute Gasteiger partial charge is 0.257 e. The summed E-state index contributed by atoms with van der Waals surface area (Å²) in [5, 5.41) is 2.85. The number of amides is 2. The lowest BCUT2D eigenvalue weighted by atomic mass is 10.0. The molecule has 0 unspecified atom stereocenters. The number of hydrogen-bond donors (Lipinski definition) is 1. The van der Waals surface area contributed by atoms with Crippen LogP contribution in [0.15, 0.2) is 42.5 Å². The molecule has 3 rings (SSSR count). The number of carbonyl (C=O) groups excluding carboxylic acids is 2. The van der Waals surface area contributed by atoms with Gasteiger partial charge in [0, 0.05) is 63.6 Å². The Balaban J connectivity index is 1.96. The third-order valence-corrected chi connectivity index (χ3v) is 6.75. The lowest BCUT2D eigenvalue weighted by Gasteiger charge is -2.36. The number of para-hydroxylation sites is 1. The fourth-order valence-electron chi connectivity index (χ4n) is 4.45. The Bertz CT molecular complexity index is 1040. The second kappa shape index (κ2) is 12.7. The van der Waals surface area contributed by atoms with Gasteiger partial charge in [0.1, 0.15) is 18.1 Å². The Morgan fingerprint density at radius 3 is 2.58 bits per heavy atom. The van der Waals surface area contributed by atoms with Crippen molar-refractivity contribution in [2.24, 2.45) is 5.92 Å². The first kappa shape index (κ1) is 27.5. The van der Waals surface area contributed by atoms with Gasteiger partial charge in [0.15, 0.2) is 0 Å². The largest absolute Gasteiger partial charge is 0.496 e. The highest BCUT2D eigenvalue weighted by Crippen LogP contribution is 2.28. The van der Waals surface area contributed by atoms with E-state index in [9.17, 15) is 9.59 Å². The normalized spacial score (nSPS) is 21.6. The first-order chi connectivity index (χ1) is 17.3. The number of nitrogens with zero attached hydrogens (tertiary/aromatic N) is 2. The second-order valence-corrected chi connectivity index (χ2v) is 9.45. The van der Waals surface area contributed by atoms with E-state index in [0.717, 1.165) is 17.9 Å². The summed E-state index contributed by atoms with van der Waals surface area (Å²) in [6.45, 7) is 8.31. The van der Waals surface area contributed by atoms with Gasteiger partial charge in [-0.2, -0.15) is 0 Å². The Hall–Kier alpha value is -3.10. The summed E-state index contributed by atoms with van der Waals surface area (Å²) in [6, 6.07) is 13.2. The van der Waals surface area contributed by atoms with Crippen molar-refractivity contribution < 1.29 is 23.8 Å². The van der Waals surface area contributed by atoms with Crippen molar-refractivity contribution in [3.05, 3.63) is 53.6 Å². The maximum atomic E-state index is 13.3. The van der Waals surface area contributed by atoms with E-state index in [1.807, 2.05) is 18.2 Å². The van der Waals surface area contributed by atoms with Crippen LogP contribution in [-0.4, -0.2) is 74.7 Å². The molecule has 0 spiro atoms. The van der Waals surface area contributed by atoms with Gasteiger partial charge in [0.25, 0.3) is 5.91 Å². The topological polar surface area (TPSA) is 80.3 Å². The van der Waals surface area contributed by atoms with Crippen LogP contribution in [0.1, 0.15) is 43.1 Å². The number of rotatable bonds is 6. The van der Waals surface area contributed by atoms with Gasteiger partial charge in [-0.25, -0.2) is 0 Å². The molecule has 0 aliphatic carbocycles. The number of hydrogen-bond acceptors (Lipinski definition) is 6. The minimum absolute atomic E-state index is 0.0314. The van der Waals surface area contributed by atoms with E-state index < -0.39 is 0 Å². The molecule has 1 heterocycles. The third-order valence-electron chi connectivity index (χ3n) is 6.75. The Kier molecular flexibility index (Phi) is 9.73. The number of anilines is 1. The molecule has 0 radical (unpaired) electrons. The van der Waals surface area contributed by atoms with E-state index in [1.165, 1.54) is 0 Å². The predicted octanol–water partition coefficient (Wildman–Crippen LogP) is 4.05. The van der Waals surface area contributed by atoms with Gasteiger partial charge in [-0.1, -0.05) is 32.0 Å². The van der Waals surface area contributed by atoms with Gasteiger partial charge in [0.05, 0.1) is 18.8 Å². The molecular formula is C28H39N3O5. The van der Waals surface area contributed by atoms with E-state index in [1.54, 1.807) is 51.3 Å². The third kappa shape index (κ3) is 6.77. The first-order valence-corrected chi connectivity index (χ1v) is 12.5. The quantitative estimate of drug-likeness (QED) is 0.649. The van der Waals surface area contributed by atoms with Gasteiger partial charge in [0.2, 0.25) is 5.91 Å². The van der Waals surface area contributed by atoms with E-state index in [0.29, 0.717) is 43.1 Å². The second-order valence-electron chi connectivity index (χ2n) is 9.45. The van der Waals surface area contributed by atoms with Crippen molar-refractivity contribution in [3.8, 4) is 11.5 Å². The summed E-state index contributed by atoms with van der Waals surface area (Å²) in [5.41, 5.74) is 2.15. The highest BCUT2D eigenvalue weighted by Gasteiger charge is 2.29. The zero-order valence-electron chi connectivity index (χ0n) is 22.2. The molecule has 1 N–H and O–H groups in total. The minimum Gasteiger partial charge on any atom is -0.496 e. The van der Waals surface area contributed by atoms with E-state index in [4.69, 9.17) is 14.2 Å². The molecule has 0 bridgehead atoms. The molecule has 0 saturated heterocycles. The molecule has 0 saturated carbocycles. The molecule has 8 heteroatoms. The molecule has 3 atom stereocenters. The molecule has 36 heavy (non-hydrogen) atoms. The van der Waals surface area contributed by atoms with Crippen molar-refractivity contribution in [3.63, 3.8) is 0 Å². The molecular weight excluding hydrogens is 458 g/mol. The number of likely N-dealkylation sites (N-methyl/N-ethyl adjacent to an activating group) is 1. The SMILES string of the molecule is CCC(=O)Nc1ccc2c(c1)OC[C@@H](C)N(Cc1ccccc1OC)C[C@H](C)[C@@H](OC)CN(C)C2=O. The molecule has 2 aromatic carbocycles. The van der Waals surface area contributed by atoms with Gasteiger partial charge in [-0.05, 0) is 31.0 Å². The summed E-state index contributed by atoms with van der Waals surface area (Å²) in [6.07, 6.45) is 0.226. The Morgan fingerprint density at radius 1 is 1.14 bits per heavy atom. The lowest BCUT2D eigenvalue weighted by molar-refractivity contribution is -0.115. The summed E-state index contributed by atoms with van der Waals surface area (Å²) in [7, 11) is 5.15. The molecule has 2 amide bonds. The van der Waals surface area contributed by atoms with Crippen LogP contribution in [0.5, 0.6) is 11.5 Å². The van der Waals surface area contributed by atoms with E-state index in [-0.39, 0.29) is 29.9 Å². The molecule has 0 fully saturated rings. The van der Waals surface area contributed by atoms with Crippen molar-refractivity contribution in [2.45, 2.75) is 45.9 Å². The van der Waals surface area contributed by atoms with Gasteiger partial charge >= 0.3 is 0 Å². The monoisotopic (exact) mass is 497 g/mol. The average Bonchev–Trinajstić information content (AvgIpc) is 2.89. The van der Waals surface area contributed by atoms with Gasteiger partial charge < -0.3 is 24.4 Å². The number of methoxy groups -OCH3 is 2. The summed E-state index contributed by atoms with van der Waals surface area (Å²) in [4.78, 5) is 29.3. The van der Waals surface area contributed by atoms with Gasteiger partial charge in [-0.3, -0.25) is 14.5 Å². The zero-order chi connectivity index (χ0) is 26.2. The molecule has 0 aromatic heterocycles. The van der Waals surface area contributed by atoms with Crippen LogP contribution >= 0.6 is 0 Å². The van der Waals surface area contributed by atoms with Crippen LogP contribution in [0, 0.1) is 5.92 Å². The lowest BCUT2D eigenvalue weighted by Crippen LogP contribution is -2.46. The average molecular weight is 498 g/mol. The summed E-state index contributed by atoms with van der Waals surface area (Å²) in [5.74, 6) is 1.21. The summed E-state index contributed by atoms with van der Waals surface area (Å²) >= 11 is 0. The van der Waals surface area contributed by atoms with Crippen LogP contribution in [0.3, 0.4) is 0 Å². The molecule has 1 aliphatic heterocycles. The number of benzene rings is 2. The standard InChI is InChI=1S/C28H39N3O5/c1-7-27(32)29-22-12-13-23-25(14-22)36-18-20(3)31(16-21-10-8-9-11-24(21)34-5)15-19(2)26(35-6)17-30(4)28(23)33/h8-14,19-20,26H,7,15-18H2,1-6H3,(H,29,32)/t19-,20+,26-/m0/s1. The van der Waals surface area contributed by atoms with Crippen molar-refractivity contribution in [2.75, 3.05) is 46.3 Å². The number of ether oxygens (including phenoxy) is 3. The number of carbonyl (C=O) groups is 2. The van der Waals surface area contributed by atoms with E-state index >= 15 is 0 Å². The maximum absolute atomic E-state index is 13.3. The fraction of sp³-hybridized carbons (Fsp3) is 0.500. The van der Waals surface area contributed by atoms with Crippen molar-refractivity contribution in [1.29, 1.82) is 0 Å². The first-order valence-electron chi connectivity index (χ1n) is 12.5. The summed E-state index contributed by atoms with van der Waals surface area (Å²) < 4.78 is 17.7. The van der Waals surface area contributed by atoms with Gasteiger partial charge in [-0.15, -0.1) is 0 Å². The van der Waals surface area contributed by atoms with Crippen LogP contribution < -0.4 is 14.8 Å². The molecule has 1 aliphatic rings. The Morgan fingerprint density at radius 2 is 1.89 bits per heavy atom. The number of nitrogens with one attached hydrogen (secondary N) is 1. The molecule has 2 aromatic rings. The van der Waals surface area contributed by atoms with Crippen LogP contribution in [-0.2, 0) is 16.1 Å². The molecule has 196 valence electrons. The zero-order valence-corrected chi connectivity index (χ0v) is 22.2. The number of fused-ring (bicyclic) bond motifs is 1. The Labute approximate surface area is 214 Å².